The highest BCUT2D eigenvalue weighted by Gasteiger charge is 2.08. The molecule has 83 valence electrons. The first kappa shape index (κ1) is 11.2. The Morgan fingerprint density at radius 1 is 1.06 bits per heavy atom. The van der Waals surface area contributed by atoms with Crippen LogP contribution in [-0.2, 0) is 0 Å². The molecule has 1 atom stereocenters. The van der Waals surface area contributed by atoms with Crippen molar-refractivity contribution in [3.05, 3.63) is 55.0 Å². The van der Waals surface area contributed by atoms with Crippen molar-refractivity contribution in [2.75, 3.05) is 0 Å². The maximum atomic E-state index is 4.30. The summed E-state index contributed by atoms with van der Waals surface area (Å²) in [6.07, 6.45) is 3.69. The van der Waals surface area contributed by atoms with E-state index in [4.69, 9.17) is 0 Å². The number of fused-ring (bicyclic) bond motifs is 1. The van der Waals surface area contributed by atoms with Gasteiger partial charge in [-0.3, -0.25) is 0 Å². The van der Waals surface area contributed by atoms with Crippen molar-refractivity contribution >= 4 is 10.8 Å². The molecule has 0 aliphatic rings. The van der Waals surface area contributed by atoms with Crippen LogP contribution in [0.5, 0.6) is 0 Å². The number of hydrogen-bond donors (Lipinski definition) is 0. The summed E-state index contributed by atoms with van der Waals surface area (Å²) >= 11 is 0. The maximum Gasteiger partial charge on any atom is -0.0149 e. The molecule has 0 saturated carbocycles. The Hall–Kier alpha value is -1.30. The summed E-state index contributed by atoms with van der Waals surface area (Å²) in [5.74, 6) is 0.422. The number of unbranched alkanes of at least 4 members (excludes halogenated alkanes) is 1. The Balaban J connectivity index is 2.36. The molecule has 0 spiro atoms. The van der Waals surface area contributed by atoms with E-state index in [1.807, 2.05) is 0 Å². The lowest BCUT2D eigenvalue weighted by atomic mass is 9.91. The van der Waals surface area contributed by atoms with Gasteiger partial charge in [0, 0.05) is 0 Å². The van der Waals surface area contributed by atoms with Gasteiger partial charge in [-0.25, -0.2) is 0 Å². The minimum absolute atomic E-state index is 0.422. The third kappa shape index (κ3) is 2.27. The summed E-state index contributed by atoms with van der Waals surface area (Å²) in [7, 11) is 0. The van der Waals surface area contributed by atoms with E-state index in [-0.39, 0.29) is 0 Å². The van der Waals surface area contributed by atoms with E-state index in [0.717, 1.165) is 0 Å². The topological polar surface area (TPSA) is 0 Å². The number of hydrogen-bond acceptors (Lipinski definition) is 0. The molecule has 0 amide bonds. The van der Waals surface area contributed by atoms with Gasteiger partial charge in [-0.1, -0.05) is 62.2 Å². The molecule has 1 radical (unpaired) electrons. The van der Waals surface area contributed by atoms with Gasteiger partial charge >= 0.3 is 0 Å². The molecule has 16 heavy (non-hydrogen) atoms. The lowest BCUT2D eigenvalue weighted by molar-refractivity contribution is 0.664. The van der Waals surface area contributed by atoms with E-state index in [1.54, 1.807) is 0 Å². The Morgan fingerprint density at radius 3 is 2.62 bits per heavy atom. The molecule has 0 saturated heterocycles. The molecule has 1 unspecified atom stereocenters. The van der Waals surface area contributed by atoms with Gasteiger partial charge in [-0.05, 0) is 35.6 Å². The summed E-state index contributed by atoms with van der Waals surface area (Å²) < 4.78 is 0. The van der Waals surface area contributed by atoms with E-state index >= 15 is 0 Å². The highest BCUT2D eigenvalue weighted by atomic mass is 14.1. The fourth-order valence-corrected chi connectivity index (χ4v) is 2.21. The standard InChI is InChI=1S/C16H19/c1-3-4-8-13(2)15-12-7-10-14-9-5-6-11-16(14)15/h5-7,9-13H,2-4,8H2,1H3. The number of benzene rings is 2. The van der Waals surface area contributed by atoms with Gasteiger partial charge in [0.1, 0.15) is 0 Å². The molecular formula is C16H19. The third-order valence-corrected chi connectivity index (χ3v) is 3.17. The summed E-state index contributed by atoms with van der Waals surface area (Å²) in [4.78, 5) is 0. The Bertz CT molecular complexity index is 451. The first-order valence-electron chi connectivity index (χ1n) is 6.13. The van der Waals surface area contributed by atoms with Crippen LogP contribution < -0.4 is 0 Å². The normalized spacial score (nSPS) is 12.9. The zero-order valence-electron chi connectivity index (χ0n) is 9.95. The van der Waals surface area contributed by atoms with Crippen molar-refractivity contribution in [1.82, 2.24) is 0 Å². The zero-order chi connectivity index (χ0) is 11.4. The van der Waals surface area contributed by atoms with Gasteiger partial charge < -0.3 is 0 Å². The van der Waals surface area contributed by atoms with Crippen LogP contribution in [0.3, 0.4) is 0 Å². The minimum Gasteiger partial charge on any atom is -0.0654 e. The van der Waals surface area contributed by atoms with Crippen molar-refractivity contribution in [3.8, 4) is 0 Å². The first-order chi connectivity index (χ1) is 7.83. The zero-order valence-corrected chi connectivity index (χ0v) is 9.95. The fourth-order valence-electron chi connectivity index (χ4n) is 2.21. The second kappa shape index (κ2) is 5.16. The Kier molecular flexibility index (Phi) is 3.61. The van der Waals surface area contributed by atoms with Gasteiger partial charge in [0.05, 0.1) is 0 Å². The number of rotatable bonds is 4. The van der Waals surface area contributed by atoms with E-state index in [2.05, 4.69) is 56.3 Å². The third-order valence-electron chi connectivity index (χ3n) is 3.17. The van der Waals surface area contributed by atoms with Crippen LogP contribution >= 0.6 is 0 Å². The highest BCUT2D eigenvalue weighted by molar-refractivity contribution is 5.86. The average Bonchev–Trinajstić information content (AvgIpc) is 2.35. The molecule has 0 heteroatoms. The molecule has 2 aromatic rings. The van der Waals surface area contributed by atoms with Crippen molar-refractivity contribution < 1.29 is 0 Å². The highest BCUT2D eigenvalue weighted by Crippen LogP contribution is 2.28. The summed E-state index contributed by atoms with van der Waals surface area (Å²) in [6, 6.07) is 15.1. The molecule has 0 N–H and O–H groups in total. The first-order valence-corrected chi connectivity index (χ1v) is 6.13. The van der Waals surface area contributed by atoms with Crippen LogP contribution in [0.15, 0.2) is 42.5 Å². The van der Waals surface area contributed by atoms with Gasteiger partial charge in [-0.15, -0.1) is 0 Å². The molecule has 0 fully saturated rings. The molecule has 0 bridgehead atoms. The molecule has 0 aromatic heterocycles. The van der Waals surface area contributed by atoms with Crippen LogP contribution in [-0.4, -0.2) is 0 Å². The van der Waals surface area contributed by atoms with Crippen molar-refractivity contribution in [2.45, 2.75) is 32.1 Å². The molecule has 0 aliphatic carbocycles. The minimum atomic E-state index is 0.422. The quantitative estimate of drug-likeness (QED) is 0.671. The van der Waals surface area contributed by atoms with Crippen LogP contribution in [0, 0.1) is 6.92 Å². The summed E-state index contributed by atoms with van der Waals surface area (Å²) in [6.45, 7) is 6.53. The van der Waals surface area contributed by atoms with Gasteiger partial charge in [0.2, 0.25) is 0 Å². The lowest BCUT2D eigenvalue weighted by Gasteiger charge is -2.14. The smallest absolute Gasteiger partial charge is 0.0149 e. The van der Waals surface area contributed by atoms with Crippen LogP contribution in [0.4, 0.5) is 0 Å². The van der Waals surface area contributed by atoms with E-state index in [1.165, 1.54) is 35.6 Å². The largest absolute Gasteiger partial charge is 0.0654 e. The molecule has 2 aromatic carbocycles. The van der Waals surface area contributed by atoms with Crippen LogP contribution in [0.25, 0.3) is 10.8 Å². The second-order valence-electron chi connectivity index (χ2n) is 4.41. The second-order valence-corrected chi connectivity index (χ2v) is 4.41. The molecular weight excluding hydrogens is 192 g/mol. The fraction of sp³-hybridized carbons (Fsp3) is 0.312. The monoisotopic (exact) mass is 211 g/mol. The predicted molar refractivity (Wildman–Crippen MR) is 71.6 cm³/mol. The van der Waals surface area contributed by atoms with Crippen molar-refractivity contribution in [2.24, 2.45) is 0 Å². The lowest BCUT2D eigenvalue weighted by Crippen LogP contribution is -1.95. The maximum absolute atomic E-state index is 4.30. The Labute approximate surface area is 98.3 Å². The van der Waals surface area contributed by atoms with Crippen LogP contribution in [0.1, 0.15) is 37.7 Å². The van der Waals surface area contributed by atoms with E-state index in [0.29, 0.717) is 5.92 Å². The van der Waals surface area contributed by atoms with Gasteiger partial charge in [0.25, 0.3) is 0 Å². The van der Waals surface area contributed by atoms with Crippen molar-refractivity contribution in [3.63, 3.8) is 0 Å². The molecule has 0 heterocycles. The summed E-state index contributed by atoms with van der Waals surface area (Å²) in [5.41, 5.74) is 1.39. The molecule has 0 aliphatic heterocycles. The van der Waals surface area contributed by atoms with Crippen LogP contribution in [0.2, 0.25) is 0 Å². The van der Waals surface area contributed by atoms with Gasteiger partial charge in [-0.2, -0.15) is 0 Å². The Morgan fingerprint density at radius 2 is 1.81 bits per heavy atom. The average molecular weight is 211 g/mol. The summed E-state index contributed by atoms with van der Waals surface area (Å²) in [5, 5.41) is 2.69. The molecule has 0 nitrogen and oxygen atoms in total. The molecule has 2 rings (SSSR count). The SMILES string of the molecule is [CH2]C(CCCC)c1cccc2ccccc12. The van der Waals surface area contributed by atoms with Gasteiger partial charge in [0.15, 0.2) is 0 Å². The van der Waals surface area contributed by atoms with E-state index in [9.17, 15) is 0 Å². The van der Waals surface area contributed by atoms with E-state index < -0.39 is 0 Å². The van der Waals surface area contributed by atoms with Crippen molar-refractivity contribution in [1.29, 1.82) is 0 Å². The predicted octanol–water partition coefficient (Wildman–Crippen LogP) is 4.95.